The van der Waals surface area contributed by atoms with E-state index in [-0.39, 0.29) is 5.56 Å². The molecule has 0 radical (unpaired) electrons. The summed E-state index contributed by atoms with van der Waals surface area (Å²) in [6, 6.07) is 3.67. The molecule has 1 aromatic rings. The lowest BCUT2D eigenvalue weighted by Crippen LogP contribution is -2.18. The Bertz CT molecular complexity index is 588. The van der Waals surface area contributed by atoms with Gasteiger partial charge in [0.05, 0.1) is 0 Å². The van der Waals surface area contributed by atoms with Crippen LogP contribution in [0.4, 0.5) is 0 Å². The Morgan fingerprint density at radius 1 is 1.20 bits per heavy atom. The Morgan fingerprint density at radius 3 is 2.07 bits per heavy atom. The van der Waals surface area contributed by atoms with E-state index in [0.29, 0.717) is 0 Å². The molecule has 0 amide bonds. The Labute approximate surface area is 87.5 Å². The maximum Gasteiger partial charge on any atom is 0.295 e. The normalized spacial score (nSPS) is 12.7. The SMILES string of the molecule is Cc1cccc(S(=O)(=O)O)c1S(N)(=O)=O. The zero-order chi connectivity index (χ0) is 11.9. The summed E-state index contributed by atoms with van der Waals surface area (Å²) in [4.78, 5) is -1.28. The molecule has 0 spiro atoms. The Kier molecular flexibility index (Phi) is 2.88. The standard InChI is InChI=1S/C7H9NO5S2/c1-5-3-2-4-6(15(11,12)13)7(5)14(8,9)10/h2-4H,1H3,(H2,8,9,10)(H,11,12,13). The minimum atomic E-state index is -4.60. The van der Waals surface area contributed by atoms with Crippen LogP contribution in [0.15, 0.2) is 28.0 Å². The Morgan fingerprint density at radius 2 is 1.73 bits per heavy atom. The first kappa shape index (κ1) is 12.1. The van der Waals surface area contributed by atoms with Gasteiger partial charge in [0, 0.05) is 0 Å². The number of aryl methyl sites for hydroxylation is 1. The lowest BCUT2D eigenvalue weighted by Gasteiger charge is -2.07. The monoisotopic (exact) mass is 251 g/mol. The summed E-state index contributed by atoms with van der Waals surface area (Å²) in [6.45, 7) is 1.38. The van der Waals surface area contributed by atoms with E-state index in [1.807, 2.05) is 0 Å². The van der Waals surface area contributed by atoms with Crippen molar-refractivity contribution in [3.63, 3.8) is 0 Å². The van der Waals surface area contributed by atoms with Crippen LogP contribution >= 0.6 is 0 Å². The molecule has 1 aromatic carbocycles. The maximum absolute atomic E-state index is 11.1. The highest BCUT2D eigenvalue weighted by Crippen LogP contribution is 2.22. The van der Waals surface area contributed by atoms with Crippen LogP contribution in [0, 0.1) is 6.92 Å². The second-order valence-corrected chi connectivity index (χ2v) is 5.81. The summed E-state index contributed by atoms with van der Waals surface area (Å²) >= 11 is 0. The summed E-state index contributed by atoms with van der Waals surface area (Å²) in [6.07, 6.45) is 0. The van der Waals surface area contributed by atoms with E-state index in [1.54, 1.807) is 0 Å². The molecule has 0 atom stereocenters. The molecule has 0 unspecified atom stereocenters. The van der Waals surface area contributed by atoms with Crippen molar-refractivity contribution >= 4 is 20.1 Å². The van der Waals surface area contributed by atoms with E-state index in [4.69, 9.17) is 9.69 Å². The molecule has 0 aliphatic carbocycles. The van der Waals surface area contributed by atoms with E-state index < -0.39 is 29.9 Å². The van der Waals surface area contributed by atoms with Gasteiger partial charge in [0.2, 0.25) is 10.0 Å². The molecule has 1 rings (SSSR count). The fourth-order valence-electron chi connectivity index (χ4n) is 1.19. The summed E-state index contributed by atoms with van der Waals surface area (Å²) in [5.74, 6) is 0. The number of primary sulfonamides is 1. The predicted octanol–water partition coefficient (Wildman–Crippen LogP) is -0.111. The van der Waals surface area contributed by atoms with Gasteiger partial charge in [-0.05, 0) is 18.6 Å². The van der Waals surface area contributed by atoms with Crippen LogP contribution < -0.4 is 5.14 Å². The molecule has 0 saturated heterocycles. The van der Waals surface area contributed by atoms with Crippen molar-refractivity contribution in [3.8, 4) is 0 Å². The van der Waals surface area contributed by atoms with Crippen LogP contribution in [0.2, 0.25) is 0 Å². The van der Waals surface area contributed by atoms with Crippen LogP contribution in [-0.4, -0.2) is 21.4 Å². The number of rotatable bonds is 2. The van der Waals surface area contributed by atoms with Crippen molar-refractivity contribution in [2.24, 2.45) is 5.14 Å². The average molecular weight is 251 g/mol. The number of nitrogens with two attached hydrogens (primary N) is 1. The average Bonchev–Trinajstić information content (AvgIpc) is 1.99. The van der Waals surface area contributed by atoms with Crippen molar-refractivity contribution in [2.45, 2.75) is 16.7 Å². The second kappa shape index (κ2) is 3.56. The van der Waals surface area contributed by atoms with E-state index in [2.05, 4.69) is 0 Å². The highest BCUT2D eigenvalue weighted by Gasteiger charge is 2.24. The van der Waals surface area contributed by atoms with Crippen molar-refractivity contribution in [2.75, 3.05) is 0 Å². The molecule has 3 N–H and O–H groups in total. The summed E-state index contributed by atoms with van der Waals surface area (Å²) in [5.41, 5.74) is 0.160. The fourth-order valence-corrected chi connectivity index (χ4v) is 3.37. The van der Waals surface area contributed by atoms with Gasteiger partial charge in [-0.3, -0.25) is 4.55 Å². The first-order valence-electron chi connectivity index (χ1n) is 3.74. The largest absolute Gasteiger partial charge is 0.295 e. The zero-order valence-corrected chi connectivity index (χ0v) is 9.34. The third-order valence-electron chi connectivity index (χ3n) is 1.74. The minimum absolute atomic E-state index is 0.160. The van der Waals surface area contributed by atoms with Crippen LogP contribution in [0.25, 0.3) is 0 Å². The van der Waals surface area contributed by atoms with Crippen LogP contribution in [0.5, 0.6) is 0 Å². The van der Waals surface area contributed by atoms with Crippen LogP contribution in [0.3, 0.4) is 0 Å². The van der Waals surface area contributed by atoms with Crippen LogP contribution in [-0.2, 0) is 20.1 Å². The molecule has 0 aliphatic heterocycles. The Balaban J connectivity index is 3.79. The van der Waals surface area contributed by atoms with E-state index in [9.17, 15) is 16.8 Å². The van der Waals surface area contributed by atoms with Crippen molar-refractivity contribution in [1.29, 1.82) is 0 Å². The fraction of sp³-hybridized carbons (Fsp3) is 0.143. The molecule has 0 aliphatic rings. The quantitative estimate of drug-likeness (QED) is 0.711. The molecule has 0 bridgehead atoms. The summed E-state index contributed by atoms with van der Waals surface area (Å²) in [5, 5.41) is 4.85. The molecule has 8 heteroatoms. The third-order valence-corrected chi connectivity index (χ3v) is 3.87. The molecule has 15 heavy (non-hydrogen) atoms. The lowest BCUT2D eigenvalue weighted by atomic mass is 10.2. The molecule has 0 fully saturated rings. The predicted molar refractivity (Wildman–Crippen MR) is 52.4 cm³/mol. The molecule has 0 saturated carbocycles. The van der Waals surface area contributed by atoms with Gasteiger partial charge < -0.3 is 0 Å². The highest BCUT2D eigenvalue weighted by atomic mass is 32.2. The minimum Gasteiger partial charge on any atom is -0.282 e. The van der Waals surface area contributed by atoms with Gasteiger partial charge in [0.1, 0.15) is 9.79 Å². The first-order chi connectivity index (χ1) is 6.64. The third kappa shape index (κ3) is 2.53. The second-order valence-electron chi connectivity index (χ2n) is 2.92. The summed E-state index contributed by atoms with van der Waals surface area (Å²) in [7, 11) is -8.78. The topological polar surface area (TPSA) is 115 Å². The van der Waals surface area contributed by atoms with Gasteiger partial charge in [-0.25, -0.2) is 13.6 Å². The summed E-state index contributed by atoms with van der Waals surface area (Å²) < 4.78 is 52.8. The number of benzene rings is 1. The van der Waals surface area contributed by atoms with Crippen molar-refractivity contribution < 1.29 is 21.4 Å². The maximum atomic E-state index is 11.1. The number of hydrogen-bond donors (Lipinski definition) is 2. The van der Waals surface area contributed by atoms with Gasteiger partial charge in [0.15, 0.2) is 0 Å². The first-order valence-corrected chi connectivity index (χ1v) is 6.72. The van der Waals surface area contributed by atoms with Gasteiger partial charge in [-0.1, -0.05) is 12.1 Å². The molecule has 0 heterocycles. The molecule has 0 aromatic heterocycles. The Hall–Kier alpha value is -0.960. The van der Waals surface area contributed by atoms with Crippen LogP contribution in [0.1, 0.15) is 5.56 Å². The van der Waals surface area contributed by atoms with E-state index >= 15 is 0 Å². The number of sulfonamides is 1. The van der Waals surface area contributed by atoms with E-state index in [0.717, 1.165) is 6.07 Å². The van der Waals surface area contributed by atoms with Gasteiger partial charge in [-0.15, -0.1) is 0 Å². The van der Waals surface area contributed by atoms with Gasteiger partial charge in [0.25, 0.3) is 10.1 Å². The molecule has 84 valence electrons. The highest BCUT2D eigenvalue weighted by molar-refractivity contribution is 7.91. The zero-order valence-electron chi connectivity index (χ0n) is 7.71. The van der Waals surface area contributed by atoms with Gasteiger partial charge >= 0.3 is 0 Å². The van der Waals surface area contributed by atoms with Crippen molar-refractivity contribution in [3.05, 3.63) is 23.8 Å². The molecular weight excluding hydrogens is 242 g/mol. The van der Waals surface area contributed by atoms with E-state index in [1.165, 1.54) is 19.1 Å². The van der Waals surface area contributed by atoms with Gasteiger partial charge in [-0.2, -0.15) is 8.42 Å². The molecule has 6 nitrogen and oxygen atoms in total. The smallest absolute Gasteiger partial charge is 0.282 e. The molecular formula is C7H9NO5S2. The van der Waals surface area contributed by atoms with Crippen molar-refractivity contribution in [1.82, 2.24) is 0 Å². The number of hydrogen-bond acceptors (Lipinski definition) is 4. The lowest BCUT2D eigenvalue weighted by molar-refractivity contribution is 0.479.